The Kier molecular flexibility index (Phi) is 11.7. The minimum Gasteiger partial charge on any atom is -0.444 e. The van der Waals surface area contributed by atoms with Gasteiger partial charge in [0.1, 0.15) is 11.4 Å². The van der Waals surface area contributed by atoms with E-state index in [0.717, 1.165) is 48.8 Å². The van der Waals surface area contributed by atoms with E-state index >= 15 is 0 Å². The number of ether oxygens (including phenoxy) is 1. The van der Waals surface area contributed by atoms with Gasteiger partial charge in [-0.3, -0.25) is 14.7 Å². The molecule has 4 heterocycles. The lowest BCUT2D eigenvalue weighted by Gasteiger charge is -2.45. The second-order valence-corrected chi connectivity index (χ2v) is 22.8. The van der Waals surface area contributed by atoms with Crippen LogP contribution in [-0.4, -0.2) is 102 Å². The highest BCUT2D eigenvalue weighted by Crippen LogP contribution is 2.39. The number of hydrogen-bond acceptors (Lipinski definition) is 6. The van der Waals surface area contributed by atoms with Crippen LogP contribution in [0.15, 0.2) is 36.8 Å². The quantitative estimate of drug-likeness (QED) is 0.205. The third kappa shape index (κ3) is 8.74. The summed E-state index contributed by atoms with van der Waals surface area (Å²) < 4.78 is 29.3. The molecule has 1 aromatic carbocycles. The third-order valence-electron chi connectivity index (χ3n) is 11.6. The van der Waals surface area contributed by atoms with E-state index in [9.17, 15) is 14.0 Å². The van der Waals surface area contributed by atoms with Crippen molar-refractivity contribution >= 4 is 31.2 Å². The molecular formula is C41H62FN5O4Si. The number of carbonyl (C=O) groups excluding carboxylic acids is 2. The number of rotatable bonds is 9. The SMILES string of the molecule is Cc1cncc2c1c(C[C@@H]1CCN(C3CCN(C(=O)OC(C)(C)C)CC3CO[Si](C)(C)C(C)(C)C)C1)cn2-c1ccc(F)cc1C(=O)N(C)C(C)C. The minimum atomic E-state index is -2.00. The first-order valence-electron chi connectivity index (χ1n) is 19.0. The number of likely N-dealkylation sites (tertiary alicyclic amines) is 2. The average molecular weight is 736 g/mol. The fraction of sp³-hybridized carbons (Fsp3) is 0.634. The fourth-order valence-corrected chi connectivity index (χ4v) is 8.50. The van der Waals surface area contributed by atoms with Crippen LogP contribution in [0, 0.1) is 24.6 Å². The summed E-state index contributed by atoms with van der Waals surface area (Å²) in [6, 6.07) is 4.75. The molecule has 2 amide bonds. The van der Waals surface area contributed by atoms with Gasteiger partial charge in [-0.25, -0.2) is 9.18 Å². The molecule has 3 atom stereocenters. The molecule has 2 aromatic heterocycles. The number of fused-ring (bicyclic) bond motifs is 1. The van der Waals surface area contributed by atoms with Crippen LogP contribution in [-0.2, 0) is 15.6 Å². The molecule has 286 valence electrons. The second-order valence-electron chi connectivity index (χ2n) is 18.0. The van der Waals surface area contributed by atoms with Crippen LogP contribution >= 0.6 is 0 Å². The number of aromatic nitrogens is 2. The summed E-state index contributed by atoms with van der Waals surface area (Å²) in [5, 5.41) is 1.24. The second kappa shape index (κ2) is 15.2. The van der Waals surface area contributed by atoms with Crippen LogP contribution in [0.2, 0.25) is 18.1 Å². The predicted octanol–water partition coefficient (Wildman–Crippen LogP) is 8.47. The molecule has 2 fully saturated rings. The van der Waals surface area contributed by atoms with E-state index < -0.39 is 19.7 Å². The zero-order chi connectivity index (χ0) is 38.3. The molecule has 0 N–H and O–H groups in total. The van der Waals surface area contributed by atoms with Gasteiger partial charge in [0.25, 0.3) is 5.91 Å². The van der Waals surface area contributed by atoms with E-state index in [1.165, 1.54) is 17.7 Å². The Balaban J connectivity index is 1.39. The van der Waals surface area contributed by atoms with Gasteiger partial charge in [-0.1, -0.05) is 20.8 Å². The van der Waals surface area contributed by atoms with Crippen molar-refractivity contribution in [1.29, 1.82) is 0 Å². The zero-order valence-electron chi connectivity index (χ0n) is 33.7. The molecule has 2 unspecified atom stereocenters. The molecule has 5 rings (SSSR count). The molecule has 0 radical (unpaired) electrons. The van der Waals surface area contributed by atoms with Crippen molar-refractivity contribution in [2.75, 3.05) is 39.8 Å². The number of benzene rings is 1. The maximum atomic E-state index is 14.6. The van der Waals surface area contributed by atoms with Gasteiger partial charge in [-0.2, -0.15) is 0 Å². The summed E-state index contributed by atoms with van der Waals surface area (Å²) in [5.74, 6) is -0.0439. The first-order valence-corrected chi connectivity index (χ1v) is 21.9. The maximum absolute atomic E-state index is 14.6. The van der Waals surface area contributed by atoms with Crippen LogP contribution in [0.25, 0.3) is 16.6 Å². The van der Waals surface area contributed by atoms with Crippen molar-refractivity contribution in [3.63, 3.8) is 0 Å². The Bertz CT molecular complexity index is 1760. The van der Waals surface area contributed by atoms with E-state index in [4.69, 9.17) is 9.16 Å². The highest BCUT2D eigenvalue weighted by Gasteiger charge is 2.42. The highest BCUT2D eigenvalue weighted by atomic mass is 28.4. The summed E-state index contributed by atoms with van der Waals surface area (Å²) >= 11 is 0. The van der Waals surface area contributed by atoms with Gasteiger partial charge in [0.05, 0.1) is 23.0 Å². The normalized spacial score (nSPS) is 20.6. The van der Waals surface area contributed by atoms with E-state index in [2.05, 4.69) is 56.9 Å². The number of hydrogen-bond donors (Lipinski definition) is 0. The standard InChI is InChI=1S/C41H62FN5O4Si/c1-27(2)44(10)38(48)33-20-32(42)13-14-35(33)47-25-30(37-28(3)21-43-22-36(37)47)19-29-15-17-45(23-29)34-16-18-46(39(49)51-40(4,5)6)24-31(34)26-50-52(11,12)41(7,8)9/h13-14,20-22,25,27,29,31,34H,15-19,23-24,26H2,1-12H3/t29-,31?,34?/m0/s1. The number of aryl methyl sites for hydroxylation is 1. The highest BCUT2D eigenvalue weighted by molar-refractivity contribution is 6.74. The van der Waals surface area contributed by atoms with Crippen molar-refractivity contribution in [3.8, 4) is 5.69 Å². The molecule has 0 saturated carbocycles. The molecule has 0 aliphatic carbocycles. The Morgan fingerprint density at radius 1 is 1.06 bits per heavy atom. The number of amides is 2. The summed E-state index contributed by atoms with van der Waals surface area (Å²) in [5.41, 5.74) is 3.63. The van der Waals surface area contributed by atoms with Gasteiger partial charge in [0.2, 0.25) is 0 Å². The number of nitrogens with zero attached hydrogens (tertiary/aromatic N) is 5. The lowest BCUT2D eigenvalue weighted by molar-refractivity contribution is -0.00353. The Hall–Kier alpha value is -3.28. The average Bonchev–Trinajstić information content (AvgIpc) is 3.67. The summed E-state index contributed by atoms with van der Waals surface area (Å²) in [6.45, 7) is 27.0. The smallest absolute Gasteiger partial charge is 0.410 e. The Morgan fingerprint density at radius 3 is 2.42 bits per heavy atom. The largest absolute Gasteiger partial charge is 0.444 e. The number of pyridine rings is 1. The van der Waals surface area contributed by atoms with Gasteiger partial charge < -0.3 is 23.5 Å². The van der Waals surface area contributed by atoms with E-state index in [1.54, 1.807) is 18.0 Å². The molecule has 11 heteroatoms. The number of piperidine rings is 1. The van der Waals surface area contributed by atoms with E-state index in [-0.39, 0.29) is 29.0 Å². The topological polar surface area (TPSA) is 80.1 Å². The molecule has 0 spiro atoms. The van der Waals surface area contributed by atoms with Crippen molar-refractivity contribution in [2.45, 2.75) is 117 Å². The summed E-state index contributed by atoms with van der Waals surface area (Å²) in [7, 11) is -0.245. The molecule has 3 aromatic rings. The molecule has 2 saturated heterocycles. The van der Waals surface area contributed by atoms with Crippen LogP contribution in [0.3, 0.4) is 0 Å². The van der Waals surface area contributed by atoms with Gasteiger partial charge in [0, 0.05) is 69.1 Å². The monoisotopic (exact) mass is 735 g/mol. The van der Waals surface area contributed by atoms with Gasteiger partial charge in [0.15, 0.2) is 8.32 Å². The molecule has 2 aliphatic rings. The Morgan fingerprint density at radius 2 is 1.77 bits per heavy atom. The predicted molar refractivity (Wildman–Crippen MR) is 209 cm³/mol. The molecule has 52 heavy (non-hydrogen) atoms. The third-order valence-corrected chi connectivity index (χ3v) is 16.1. The number of carbonyl (C=O) groups is 2. The summed E-state index contributed by atoms with van der Waals surface area (Å²) in [4.78, 5) is 37.5. The Labute approximate surface area is 312 Å². The van der Waals surface area contributed by atoms with E-state index in [1.807, 2.05) is 56.5 Å². The minimum absolute atomic E-state index is 0.0300. The van der Waals surface area contributed by atoms with E-state index in [0.29, 0.717) is 42.9 Å². The van der Waals surface area contributed by atoms with Crippen molar-refractivity contribution in [1.82, 2.24) is 24.3 Å². The van der Waals surface area contributed by atoms with Crippen LogP contribution < -0.4 is 0 Å². The molecule has 2 aliphatic heterocycles. The zero-order valence-corrected chi connectivity index (χ0v) is 34.7. The van der Waals surface area contributed by atoms with Crippen LogP contribution in [0.4, 0.5) is 9.18 Å². The van der Waals surface area contributed by atoms with Crippen molar-refractivity contribution in [3.05, 3.63) is 59.3 Å². The summed E-state index contributed by atoms with van der Waals surface area (Å²) in [6.07, 6.45) is 8.46. The fourth-order valence-electron chi connectivity index (χ4n) is 7.44. The number of halogens is 1. The van der Waals surface area contributed by atoms with Crippen LogP contribution in [0.1, 0.15) is 89.7 Å². The van der Waals surface area contributed by atoms with Gasteiger partial charge in [-0.15, -0.1) is 0 Å². The molecule has 9 nitrogen and oxygen atoms in total. The first-order chi connectivity index (χ1) is 24.2. The molecule has 0 bridgehead atoms. The van der Waals surface area contributed by atoms with Crippen molar-refractivity contribution < 1.29 is 23.1 Å². The lowest BCUT2D eigenvalue weighted by atomic mass is 9.91. The lowest BCUT2D eigenvalue weighted by Crippen LogP contribution is -2.55. The van der Waals surface area contributed by atoms with Gasteiger partial charge in [-0.05, 0) is 121 Å². The maximum Gasteiger partial charge on any atom is 0.410 e. The first kappa shape index (κ1) is 39.9. The van der Waals surface area contributed by atoms with Gasteiger partial charge >= 0.3 is 6.09 Å². The van der Waals surface area contributed by atoms with Crippen molar-refractivity contribution in [2.24, 2.45) is 11.8 Å². The van der Waals surface area contributed by atoms with Crippen LogP contribution in [0.5, 0.6) is 0 Å². The molecular weight excluding hydrogens is 674 g/mol.